The molecule has 2 aliphatic rings. The number of fused-ring (bicyclic) bond motifs is 2. The van der Waals surface area contributed by atoms with Crippen LogP contribution in [0.5, 0.6) is 0 Å². The largest absolute Gasteiger partial charge is 0.465 e. The first-order valence-electron chi connectivity index (χ1n) is 9.53. The van der Waals surface area contributed by atoms with Gasteiger partial charge in [0.05, 0.1) is 24.7 Å². The highest BCUT2D eigenvalue weighted by molar-refractivity contribution is 5.35. The molecule has 1 aromatic rings. The van der Waals surface area contributed by atoms with E-state index in [-0.39, 0.29) is 5.41 Å². The van der Waals surface area contributed by atoms with Gasteiger partial charge in [-0.15, -0.1) is 0 Å². The van der Waals surface area contributed by atoms with Gasteiger partial charge in [-0.1, -0.05) is 32.1 Å². The minimum absolute atomic E-state index is 0.0374. The Balaban J connectivity index is 1.50. The van der Waals surface area contributed by atoms with E-state index in [2.05, 4.69) is 19.9 Å². The number of hydrogen-bond acceptors (Lipinski definition) is 3. The summed E-state index contributed by atoms with van der Waals surface area (Å²) in [6, 6.07) is 2.23. The second-order valence-corrected chi connectivity index (χ2v) is 7.53. The van der Waals surface area contributed by atoms with Crippen molar-refractivity contribution in [2.45, 2.75) is 83.2 Å². The summed E-state index contributed by atoms with van der Waals surface area (Å²) in [5.74, 6) is 2.25. The molecule has 130 valence electrons. The lowest BCUT2D eigenvalue weighted by Gasteiger charge is -2.25. The Morgan fingerprint density at radius 3 is 2.61 bits per heavy atom. The fraction of sp³-hybridized carbons (Fsp3) is 0.800. The van der Waals surface area contributed by atoms with Crippen LogP contribution in [0.15, 0.2) is 10.5 Å². The maximum atomic E-state index is 6.19. The third-order valence-electron chi connectivity index (χ3n) is 5.37. The molecular weight excluding hydrogens is 288 g/mol. The Hall–Kier alpha value is -0.800. The number of furan rings is 1. The normalized spacial score (nSPS) is 25.5. The molecule has 2 bridgehead atoms. The van der Waals surface area contributed by atoms with E-state index in [1.165, 1.54) is 50.5 Å². The van der Waals surface area contributed by atoms with Gasteiger partial charge in [0.15, 0.2) is 0 Å². The molecule has 0 N–H and O–H groups in total. The molecule has 1 aliphatic heterocycles. The molecule has 3 heteroatoms. The van der Waals surface area contributed by atoms with E-state index < -0.39 is 0 Å². The average Bonchev–Trinajstić information content (AvgIpc) is 3.04. The second-order valence-electron chi connectivity index (χ2n) is 7.53. The minimum atomic E-state index is 0.0374. The highest BCUT2D eigenvalue weighted by Crippen LogP contribution is 2.40. The van der Waals surface area contributed by atoms with E-state index in [9.17, 15) is 0 Å². The number of ether oxygens (including phenoxy) is 2. The van der Waals surface area contributed by atoms with E-state index in [4.69, 9.17) is 13.9 Å². The first-order valence-corrected chi connectivity index (χ1v) is 9.53. The summed E-state index contributed by atoms with van der Waals surface area (Å²) < 4.78 is 17.8. The SMILES string of the molecule is CCOCC1(C)Cc2cc(CCOC3CCCCCCC3)c1o2. The predicted molar refractivity (Wildman–Crippen MR) is 92.0 cm³/mol. The molecule has 0 aromatic carbocycles. The molecule has 1 fully saturated rings. The lowest BCUT2D eigenvalue weighted by Crippen LogP contribution is -2.30. The summed E-state index contributed by atoms with van der Waals surface area (Å²) >= 11 is 0. The van der Waals surface area contributed by atoms with E-state index in [1.54, 1.807) is 0 Å². The number of rotatable bonds is 7. The quantitative estimate of drug-likeness (QED) is 0.723. The molecule has 2 heterocycles. The maximum absolute atomic E-state index is 6.19. The van der Waals surface area contributed by atoms with Crippen LogP contribution in [0.4, 0.5) is 0 Å². The van der Waals surface area contributed by atoms with Crippen LogP contribution in [-0.4, -0.2) is 25.9 Å². The van der Waals surface area contributed by atoms with Gasteiger partial charge in [-0.2, -0.15) is 0 Å². The monoisotopic (exact) mass is 320 g/mol. The third-order valence-corrected chi connectivity index (χ3v) is 5.37. The van der Waals surface area contributed by atoms with Crippen LogP contribution in [-0.2, 0) is 27.7 Å². The van der Waals surface area contributed by atoms with Gasteiger partial charge < -0.3 is 13.9 Å². The van der Waals surface area contributed by atoms with Crippen molar-refractivity contribution in [2.75, 3.05) is 19.8 Å². The zero-order chi connectivity index (χ0) is 16.1. The van der Waals surface area contributed by atoms with Crippen LogP contribution < -0.4 is 0 Å². The molecular formula is C20H32O3. The fourth-order valence-electron chi connectivity index (χ4n) is 4.10. The molecule has 1 saturated carbocycles. The number of hydrogen-bond donors (Lipinski definition) is 0. The molecule has 1 unspecified atom stereocenters. The van der Waals surface area contributed by atoms with Gasteiger partial charge in [-0.25, -0.2) is 0 Å². The highest BCUT2D eigenvalue weighted by atomic mass is 16.5. The van der Waals surface area contributed by atoms with Gasteiger partial charge in [0.2, 0.25) is 0 Å². The van der Waals surface area contributed by atoms with Crippen LogP contribution in [0.3, 0.4) is 0 Å². The van der Waals surface area contributed by atoms with E-state index >= 15 is 0 Å². The van der Waals surface area contributed by atoms with E-state index in [0.717, 1.165) is 44.2 Å². The molecule has 1 atom stereocenters. The topological polar surface area (TPSA) is 31.6 Å². The molecule has 1 aromatic heterocycles. The first-order chi connectivity index (χ1) is 11.2. The summed E-state index contributed by atoms with van der Waals surface area (Å²) in [5, 5.41) is 0. The summed E-state index contributed by atoms with van der Waals surface area (Å²) in [6.07, 6.45) is 11.7. The van der Waals surface area contributed by atoms with Gasteiger partial charge >= 0.3 is 0 Å². The zero-order valence-corrected chi connectivity index (χ0v) is 14.9. The van der Waals surface area contributed by atoms with E-state index in [0.29, 0.717) is 6.10 Å². The summed E-state index contributed by atoms with van der Waals surface area (Å²) in [5.41, 5.74) is 1.37. The Morgan fingerprint density at radius 2 is 1.91 bits per heavy atom. The smallest absolute Gasteiger partial charge is 0.116 e. The fourth-order valence-corrected chi connectivity index (χ4v) is 4.10. The molecule has 0 spiro atoms. The minimum Gasteiger partial charge on any atom is -0.465 e. The Labute approximate surface area is 140 Å². The van der Waals surface area contributed by atoms with Crippen LogP contribution in [0.25, 0.3) is 0 Å². The van der Waals surface area contributed by atoms with Crippen molar-refractivity contribution in [3.63, 3.8) is 0 Å². The third kappa shape index (κ3) is 4.19. The van der Waals surface area contributed by atoms with Crippen molar-refractivity contribution < 1.29 is 13.9 Å². The van der Waals surface area contributed by atoms with Crippen LogP contribution in [0.2, 0.25) is 0 Å². The van der Waals surface area contributed by atoms with E-state index in [1.807, 2.05) is 0 Å². The summed E-state index contributed by atoms with van der Waals surface area (Å²) in [6.45, 7) is 6.65. The van der Waals surface area contributed by atoms with Crippen molar-refractivity contribution in [2.24, 2.45) is 0 Å². The van der Waals surface area contributed by atoms with Gasteiger partial charge in [0.25, 0.3) is 0 Å². The predicted octanol–water partition coefficient (Wildman–Crippen LogP) is 4.80. The Morgan fingerprint density at radius 1 is 1.17 bits per heavy atom. The van der Waals surface area contributed by atoms with Gasteiger partial charge in [-0.3, -0.25) is 0 Å². The molecule has 3 rings (SSSR count). The molecule has 0 amide bonds. The first kappa shape index (κ1) is 17.0. The van der Waals surface area contributed by atoms with Crippen molar-refractivity contribution in [1.82, 2.24) is 0 Å². The molecule has 1 aliphatic carbocycles. The van der Waals surface area contributed by atoms with Gasteiger partial charge in [0.1, 0.15) is 11.5 Å². The molecule has 23 heavy (non-hydrogen) atoms. The van der Waals surface area contributed by atoms with Crippen LogP contribution in [0.1, 0.15) is 75.9 Å². The van der Waals surface area contributed by atoms with Crippen LogP contribution >= 0.6 is 0 Å². The summed E-state index contributed by atoms with van der Waals surface area (Å²) in [7, 11) is 0. The summed E-state index contributed by atoms with van der Waals surface area (Å²) in [4.78, 5) is 0. The average molecular weight is 320 g/mol. The highest BCUT2D eigenvalue weighted by Gasteiger charge is 2.40. The van der Waals surface area contributed by atoms with Crippen LogP contribution in [0, 0.1) is 0 Å². The van der Waals surface area contributed by atoms with Gasteiger partial charge in [0, 0.05) is 13.0 Å². The lowest BCUT2D eigenvalue weighted by atomic mass is 9.80. The standard InChI is InChI=1S/C20H32O3/c1-3-21-15-20(2)14-18-13-16(19(20)23-18)11-12-22-17-9-7-5-4-6-8-10-17/h13,17H,3-12,14-15H2,1-2H3. The van der Waals surface area contributed by atoms with Gasteiger partial charge in [-0.05, 0) is 44.7 Å². The maximum Gasteiger partial charge on any atom is 0.116 e. The Kier molecular flexibility index (Phi) is 5.81. The second kappa shape index (κ2) is 7.85. The zero-order valence-electron chi connectivity index (χ0n) is 14.9. The molecule has 0 saturated heterocycles. The van der Waals surface area contributed by atoms with Crippen molar-refractivity contribution in [3.8, 4) is 0 Å². The Bertz CT molecular complexity index is 485. The molecule has 0 radical (unpaired) electrons. The van der Waals surface area contributed by atoms with Crippen molar-refractivity contribution in [3.05, 3.63) is 23.2 Å². The van der Waals surface area contributed by atoms with Crippen molar-refractivity contribution in [1.29, 1.82) is 0 Å². The molecule has 3 nitrogen and oxygen atoms in total. The van der Waals surface area contributed by atoms with Crippen molar-refractivity contribution >= 4 is 0 Å². The lowest BCUT2D eigenvalue weighted by molar-refractivity contribution is 0.0369.